The number of carbonyl (C=O) groups excluding carboxylic acids is 1. The molecule has 2 aliphatic heterocycles. The number of nitrogens with zero attached hydrogens (tertiary/aromatic N) is 1. The average Bonchev–Trinajstić information content (AvgIpc) is 2.70. The number of carbonyl (C=O) groups is 1. The summed E-state index contributed by atoms with van der Waals surface area (Å²) in [5.41, 5.74) is 0. The number of amides is 2. The highest BCUT2D eigenvalue weighted by atomic mass is 16.5. The standard InChI is InChI=1S/C12H23N3O2/c1-9(2)11-7-15(12(16)14-11)5-3-10-8-17-6-4-13-10/h9-11,13H,3-8H2,1-2H3,(H,14,16). The summed E-state index contributed by atoms with van der Waals surface area (Å²) in [5, 5.41) is 6.43. The van der Waals surface area contributed by atoms with E-state index in [-0.39, 0.29) is 6.03 Å². The van der Waals surface area contributed by atoms with Crippen LogP contribution in [0.5, 0.6) is 0 Å². The Morgan fingerprint density at radius 3 is 2.94 bits per heavy atom. The summed E-state index contributed by atoms with van der Waals surface area (Å²) >= 11 is 0. The van der Waals surface area contributed by atoms with Crippen LogP contribution in [0.3, 0.4) is 0 Å². The van der Waals surface area contributed by atoms with E-state index < -0.39 is 0 Å². The number of ether oxygens (including phenoxy) is 1. The molecule has 2 atom stereocenters. The summed E-state index contributed by atoms with van der Waals surface area (Å²) in [6, 6.07) is 0.785. The first-order valence-corrected chi connectivity index (χ1v) is 6.53. The Bertz CT molecular complexity index is 264. The van der Waals surface area contributed by atoms with Gasteiger partial charge in [-0.05, 0) is 12.3 Å². The van der Waals surface area contributed by atoms with Crippen LogP contribution >= 0.6 is 0 Å². The first kappa shape index (κ1) is 12.6. The van der Waals surface area contributed by atoms with Gasteiger partial charge in [-0.25, -0.2) is 4.79 Å². The first-order chi connectivity index (χ1) is 8.16. The Morgan fingerprint density at radius 1 is 1.53 bits per heavy atom. The maximum atomic E-state index is 11.7. The third kappa shape index (κ3) is 3.33. The zero-order valence-corrected chi connectivity index (χ0v) is 10.7. The van der Waals surface area contributed by atoms with Gasteiger partial charge in [0.1, 0.15) is 0 Å². The SMILES string of the molecule is CC(C)C1CN(CCC2COCCN2)C(=O)N1. The molecule has 98 valence electrons. The van der Waals surface area contributed by atoms with Crippen molar-refractivity contribution in [2.75, 3.05) is 32.8 Å². The molecule has 2 heterocycles. The molecule has 0 aromatic heterocycles. The fourth-order valence-corrected chi connectivity index (χ4v) is 2.30. The van der Waals surface area contributed by atoms with Gasteiger partial charge in [-0.15, -0.1) is 0 Å². The molecular formula is C12H23N3O2. The highest BCUT2D eigenvalue weighted by Gasteiger charge is 2.30. The predicted octanol–water partition coefficient (Wildman–Crippen LogP) is 0.415. The topological polar surface area (TPSA) is 53.6 Å². The molecule has 0 bridgehead atoms. The summed E-state index contributed by atoms with van der Waals surface area (Å²) in [7, 11) is 0. The van der Waals surface area contributed by atoms with Crippen LogP contribution in [0.4, 0.5) is 4.79 Å². The van der Waals surface area contributed by atoms with Crippen molar-refractivity contribution in [2.45, 2.75) is 32.4 Å². The van der Waals surface area contributed by atoms with Crippen LogP contribution in [-0.4, -0.2) is 55.9 Å². The van der Waals surface area contributed by atoms with Crippen molar-refractivity contribution >= 4 is 6.03 Å². The van der Waals surface area contributed by atoms with E-state index in [1.54, 1.807) is 0 Å². The summed E-state index contributed by atoms with van der Waals surface area (Å²) in [5.74, 6) is 0.500. The van der Waals surface area contributed by atoms with E-state index in [0.717, 1.165) is 39.3 Å². The maximum absolute atomic E-state index is 11.7. The van der Waals surface area contributed by atoms with Crippen LogP contribution in [-0.2, 0) is 4.74 Å². The zero-order chi connectivity index (χ0) is 12.3. The normalized spacial score (nSPS) is 29.8. The van der Waals surface area contributed by atoms with Crippen molar-refractivity contribution in [3.05, 3.63) is 0 Å². The lowest BCUT2D eigenvalue weighted by molar-refractivity contribution is 0.0717. The molecule has 0 aromatic carbocycles. The van der Waals surface area contributed by atoms with Gasteiger partial charge in [-0.3, -0.25) is 0 Å². The minimum absolute atomic E-state index is 0.0837. The molecule has 5 heteroatoms. The molecule has 5 nitrogen and oxygen atoms in total. The number of urea groups is 1. The maximum Gasteiger partial charge on any atom is 0.317 e. The lowest BCUT2D eigenvalue weighted by atomic mass is 10.1. The van der Waals surface area contributed by atoms with Crippen molar-refractivity contribution in [2.24, 2.45) is 5.92 Å². The second-order valence-corrected chi connectivity index (χ2v) is 5.26. The molecule has 2 unspecified atom stereocenters. The van der Waals surface area contributed by atoms with Crippen LogP contribution in [0.15, 0.2) is 0 Å². The molecule has 0 spiro atoms. The van der Waals surface area contributed by atoms with E-state index >= 15 is 0 Å². The van der Waals surface area contributed by atoms with Gasteiger partial charge in [-0.1, -0.05) is 13.8 Å². The van der Waals surface area contributed by atoms with Crippen LogP contribution in [0.2, 0.25) is 0 Å². The van der Waals surface area contributed by atoms with Gasteiger partial charge in [0.05, 0.1) is 19.3 Å². The number of hydrogen-bond donors (Lipinski definition) is 2. The summed E-state index contributed by atoms with van der Waals surface area (Å²) in [4.78, 5) is 13.6. The molecule has 2 rings (SSSR count). The van der Waals surface area contributed by atoms with E-state index in [1.165, 1.54) is 0 Å². The van der Waals surface area contributed by atoms with Crippen molar-refractivity contribution in [3.63, 3.8) is 0 Å². The number of rotatable bonds is 4. The predicted molar refractivity (Wildman–Crippen MR) is 66.0 cm³/mol. The lowest BCUT2D eigenvalue weighted by Crippen LogP contribution is -2.43. The van der Waals surface area contributed by atoms with E-state index in [9.17, 15) is 4.79 Å². The van der Waals surface area contributed by atoms with E-state index in [0.29, 0.717) is 18.0 Å². The van der Waals surface area contributed by atoms with E-state index in [1.807, 2.05) is 4.90 Å². The number of nitrogens with one attached hydrogen (secondary N) is 2. The Hall–Kier alpha value is -0.810. The third-order valence-corrected chi connectivity index (χ3v) is 3.56. The first-order valence-electron chi connectivity index (χ1n) is 6.53. The van der Waals surface area contributed by atoms with Gasteiger partial charge >= 0.3 is 6.03 Å². The van der Waals surface area contributed by atoms with E-state index in [2.05, 4.69) is 24.5 Å². The minimum atomic E-state index is 0.0837. The van der Waals surface area contributed by atoms with Crippen LogP contribution < -0.4 is 10.6 Å². The minimum Gasteiger partial charge on any atom is -0.379 e. The molecule has 2 amide bonds. The van der Waals surface area contributed by atoms with Gasteiger partial charge in [0.2, 0.25) is 0 Å². The molecule has 2 aliphatic rings. The zero-order valence-electron chi connectivity index (χ0n) is 10.7. The molecule has 2 saturated heterocycles. The molecule has 0 aliphatic carbocycles. The van der Waals surface area contributed by atoms with Crippen LogP contribution in [0.25, 0.3) is 0 Å². The van der Waals surface area contributed by atoms with Crippen LogP contribution in [0, 0.1) is 5.92 Å². The quantitative estimate of drug-likeness (QED) is 0.750. The molecule has 2 fully saturated rings. The Morgan fingerprint density at radius 2 is 2.35 bits per heavy atom. The lowest BCUT2D eigenvalue weighted by Gasteiger charge is -2.25. The highest BCUT2D eigenvalue weighted by Crippen LogP contribution is 2.12. The average molecular weight is 241 g/mol. The molecule has 17 heavy (non-hydrogen) atoms. The molecule has 2 N–H and O–H groups in total. The number of hydrogen-bond acceptors (Lipinski definition) is 3. The van der Waals surface area contributed by atoms with Crippen molar-refractivity contribution in [1.29, 1.82) is 0 Å². The van der Waals surface area contributed by atoms with Crippen molar-refractivity contribution in [3.8, 4) is 0 Å². The van der Waals surface area contributed by atoms with Gasteiger partial charge in [0.25, 0.3) is 0 Å². The van der Waals surface area contributed by atoms with Gasteiger partial charge in [0, 0.05) is 25.7 Å². The molecular weight excluding hydrogens is 218 g/mol. The number of morpholine rings is 1. The second-order valence-electron chi connectivity index (χ2n) is 5.26. The Balaban J connectivity index is 1.73. The van der Waals surface area contributed by atoms with Gasteiger partial charge < -0.3 is 20.3 Å². The summed E-state index contributed by atoms with van der Waals surface area (Å²) < 4.78 is 5.40. The summed E-state index contributed by atoms with van der Waals surface area (Å²) in [6.07, 6.45) is 0.970. The largest absolute Gasteiger partial charge is 0.379 e. The van der Waals surface area contributed by atoms with Crippen LogP contribution in [0.1, 0.15) is 20.3 Å². The molecule has 0 aromatic rings. The molecule has 0 saturated carbocycles. The monoisotopic (exact) mass is 241 g/mol. The van der Waals surface area contributed by atoms with Crippen molar-refractivity contribution in [1.82, 2.24) is 15.5 Å². The van der Waals surface area contributed by atoms with Crippen molar-refractivity contribution < 1.29 is 9.53 Å². The Kier molecular flexibility index (Phi) is 4.23. The van der Waals surface area contributed by atoms with Gasteiger partial charge in [-0.2, -0.15) is 0 Å². The fraction of sp³-hybridized carbons (Fsp3) is 0.917. The fourth-order valence-electron chi connectivity index (χ4n) is 2.30. The molecule has 0 radical (unpaired) electrons. The second kappa shape index (κ2) is 5.69. The third-order valence-electron chi connectivity index (χ3n) is 3.56. The highest BCUT2D eigenvalue weighted by molar-refractivity contribution is 5.76. The van der Waals surface area contributed by atoms with Gasteiger partial charge in [0.15, 0.2) is 0 Å². The van der Waals surface area contributed by atoms with E-state index in [4.69, 9.17) is 4.74 Å². The summed E-state index contributed by atoms with van der Waals surface area (Å²) in [6.45, 7) is 8.43. The smallest absolute Gasteiger partial charge is 0.317 e. The Labute approximate surface area is 103 Å².